The second-order valence-electron chi connectivity index (χ2n) is 9.10. The van der Waals surface area contributed by atoms with Gasteiger partial charge in [0.05, 0.1) is 17.2 Å². The Balaban J connectivity index is 1.67. The van der Waals surface area contributed by atoms with Gasteiger partial charge in [-0.25, -0.2) is 22.2 Å². The molecule has 0 spiro atoms. The number of nitrogens with zero attached hydrogens (tertiary/aromatic N) is 2. The number of aryl methyl sites for hydroxylation is 1. The van der Waals surface area contributed by atoms with Crippen LogP contribution in [0.4, 0.5) is 5.69 Å². The van der Waals surface area contributed by atoms with E-state index >= 15 is 0 Å². The van der Waals surface area contributed by atoms with E-state index in [0.717, 1.165) is 41.0 Å². The first kappa shape index (κ1) is 26.2. The van der Waals surface area contributed by atoms with Crippen LogP contribution in [0.25, 0.3) is 11.0 Å². The number of esters is 1. The maximum absolute atomic E-state index is 13.4. The van der Waals surface area contributed by atoms with Gasteiger partial charge in [-0.1, -0.05) is 29.5 Å². The summed E-state index contributed by atoms with van der Waals surface area (Å²) in [4.78, 5) is 28.6. The molecule has 1 aliphatic rings. The van der Waals surface area contributed by atoms with Gasteiger partial charge in [-0.05, 0) is 63.6 Å². The summed E-state index contributed by atoms with van der Waals surface area (Å²) in [6.45, 7) is 5.45. The van der Waals surface area contributed by atoms with E-state index in [1.165, 1.54) is 24.2 Å². The van der Waals surface area contributed by atoms with Crippen molar-refractivity contribution in [2.75, 3.05) is 17.7 Å². The number of carbonyl (C=O) groups is 2. The first-order valence-electron chi connectivity index (χ1n) is 12.1. The molecule has 4 rings (SSSR count). The fourth-order valence-electron chi connectivity index (χ4n) is 4.51. The van der Waals surface area contributed by atoms with Crippen LogP contribution < -0.4 is 5.32 Å². The van der Waals surface area contributed by atoms with Gasteiger partial charge in [-0.15, -0.1) is 0 Å². The number of nitrogens with one attached hydrogen (secondary N) is 1. The number of hydrogen-bond acceptors (Lipinski definition) is 8. The summed E-state index contributed by atoms with van der Waals surface area (Å²) in [5.74, 6) is 0.810. The zero-order valence-electron chi connectivity index (χ0n) is 20.7. The van der Waals surface area contributed by atoms with Crippen LogP contribution in [0, 0.1) is 12.8 Å². The van der Waals surface area contributed by atoms with Crippen LogP contribution in [0.3, 0.4) is 0 Å². The van der Waals surface area contributed by atoms with Crippen LogP contribution in [0.2, 0.25) is 0 Å². The van der Waals surface area contributed by atoms with Crippen molar-refractivity contribution < 1.29 is 22.7 Å². The van der Waals surface area contributed by atoms with Crippen molar-refractivity contribution in [3.8, 4) is 0 Å². The maximum Gasteiger partial charge on any atom is 0.341 e. The van der Waals surface area contributed by atoms with Crippen molar-refractivity contribution in [3.05, 3.63) is 53.9 Å². The first-order chi connectivity index (χ1) is 17.2. The van der Waals surface area contributed by atoms with Gasteiger partial charge in [0.1, 0.15) is 5.56 Å². The van der Waals surface area contributed by atoms with Crippen LogP contribution in [0.15, 0.2) is 47.6 Å². The Morgan fingerprint density at radius 3 is 2.47 bits per heavy atom. The third kappa shape index (κ3) is 5.59. The molecule has 0 unspecified atom stereocenters. The van der Waals surface area contributed by atoms with Crippen LogP contribution in [-0.4, -0.2) is 46.9 Å². The van der Waals surface area contributed by atoms with Crippen molar-refractivity contribution in [1.82, 2.24) is 8.96 Å². The molecule has 36 heavy (non-hydrogen) atoms. The van der Waals surface area contributed by atoms with E-state index < -0.39 is 16.0 Å². The monoisotopic (exact) mass is 529 g/mol. The summed E-state index contributed by atoms with van der Waals surface area (Å²) >= 11 is 1.37. The SMILES string of the molecule is CCOC(=O)c1cnc2c(ccn2S(=O)(=O)c2ccc(C)cc2)c1N[C@H]1CC[C@H](CSC(C)=O)CC1. The number of rotatable bonds is 8. The van der Waals surface area contributed by atoms with Crippen molar-refractivity contribution >= 4 is 49.6 Å². The number of anilines is 1. The molecule has 2 heterocycles. The van der Waals surface area contributed by atoms with Crippen LogP contribution >= 0.6 is 11.8 Å². The quantitative estimate of drug-likeness (QED) is 0.406. The largest absolute Gasteiger partial charge is 0.462 e. The fraction of sp³-hybridized carbons (Fsp3) is 0.423. The molecule has 0 aliphatic heterocycles. The van der Waals surface area contributed by atoms with Gasteiger partial charge in [0, 0.05) is 36.5 Å². The second kappa shape index (κ2) is 11.0. The van der Waals surface area contributed by atoms with E-state index in [1.807, 2.05) is 6.92 Å². The van der Waals surface area contributed by atoms with Gasteiger partial charge >= 0.3 is 5.97 Å². The van der Waals surface area contributed by atoms with Gasteiger partial charge < -0.3 is 10.1 Å². The summed E-state index contributed by atoms with van der Waals surface area (Å²) in [5, 5.41) is 4.19. The highest BCUT2D eigenvalue weighted by Gasteiger charge is 2.27. The Hall–Kier alpha value is -2.85. The molecule has 8 nitrogen and oxygen atoms in total. The minimum absolute atomic E-state index is 0.111. The number of pyridine rings is 1. The zero-order valence-corrected chi connectivity index (χ0v) is 22.3. The highest BCUT2D eigenvalue weighted by Crippen LogP contribution is 2.34. The molecule has 1 aromatic carbocycles. The van der Waals surface area contributed by atoms with E-state index in [9.17, 15) is 18.0 Å². The molecule has 1 saturated carbocycles. The number of hydrogen-bond donors (Lipinski definition) is 1. The Bertz CT molecular complexity index is 1360. The molecular weight excluding hydrogens is 498 g/mol. The highest BCUT2D eigenvalue weighted by molar-refractivity contribution is 8.13. The Kier molecular flexibility index (Phi) is 8.04. The Morgan fingerprint density at radius 1 is 1.14 bits per heavy atom. The summed E-state index contributed by atoms with van der Waals surface area (Å²) in [6.07, 6.45) is 6.59. The normalized spacial score (nSPS) is 18.2. The highest BCUT2D eigenvalue weighted by atomic mass is 32.2. The number of aromatic nitrogens is 2. The molecule has 192 valence electrons. The molecule has 0 radical (unpaired) electrons. The van der Waals surface area contributed by atoms with Crippen LogP contribution in [-0.2, 0) is 19.6 Å². The minimum atomic E-state index is -3.87. The molecule has 1 fully saturated rings. The molecule has 2 aromatic heterocycles. The van der Waals surface area contributed by atoms with Gasteiger partial charge in [-0.3, -0.25) is 4.79 Å². The first-order valence-corrected chi connectivity index (χ1v) is 14.5. The zero-order chi connectivity index (χ0) is 25.9. The summed E-state index contributed by atoms with van der Waals surface area (Å²) in [5.41, 5.74) is 2.03. The average molecular weight is 530 g/mol. The molecular formula is C26H31N3O5S2. The van der Waals surface area contributed by atoms with Crippen LogP contribution in [0.5, 0.6) is 0 Å². The van der Waals surface area contributed by atoms with E-state index in [-0.39, 0.29) is 33.9 Å². The Labute approximate surface area is 215 Å². The van der Waals surface area contributed by atoms with Crippen molar-refractivity contribution in [2.24, 2.45) is 5.92 Å². The second-order valence-corrected chi connectivity index (χ2v) is 12.1. The molecule has 0 bridgehead atoms. The average Bonchev–Trinajstić information content (AvgIpc) is 3.30. The smallest absolute Gasteiger partial charge is 0.341 e. The van der Waals surface area contributed by atoms with Gasteiger partial charge in [0.2, 0.25) is 0 Å². The number of thioether (sulfide) groups is 1. The molecule has 0 amide bonds. The number of ether oxygens (including phenoxy) is 1. The van der Waals surface area contributed by atoms with Gasteiger partial charge in [0.25, 0.3) is 10.0 Å². The Morgan fingerprint density at radius 2 is 1.83 bits per heavy atom. The van der Waals surface area contributed by atoms with E-state index in [2.05, 4.69) is 10.3 Å². The summed E-state index contributed by atoms with van der Waals surface area (Å²) in [7, 11) is -3.87. The minimum Gasteiger partial charge on any atom is -0.462 e. The number of benzene rings is 1. The molecule has 3 aromatic rings. The predicted molar refractivity (Wildman–Crippen MR) is 142 cm³/mol. The molecule has 1 aliphatic carbocycles. The molecule has 0 saturated heterocycles. The molecule has 10 heteroatoms. The lowest BCUT2D eigenvalue weighted by atomic mass is 9.87. The van der Waals surface area contributed by atoms with Gasteiger partial charge in [0.15, 0.2) is 10.8 Å². The van der Waals surface area contributed by atoms with Crippen LogP contribution in [0.1, 0.15) is 55.5 Å². The third-order valence-corrected chi connectivity index (χ3v) is 9.20. The molecule has 0 atom stereocenters. The number of carbonyl (C=O) groups excluding carboxylic acids is 2. The van der Waals surface area contributed by atoms with Crippen molar-refractivity contribution in [3.63, 3.8) is 0 Å². The van der Waals surface area contributed by atoms with Gasteiger partial charge in [-0.2, -0.15) is 0 Å². The summed E-state index contributed by atoms with van der Waals surface area (Å²) < 4.78 is 33.2. The van der Waals surface area contributed by atoms with E-state index in [1.54, 1.807) is 44.2 Å². The van der Waals surface area contributed by atoms with E-state index in [4.69, 9.17) is 4.74 Å². The standard InChI is InChI=1S/C26H31N3O5S2/c1-4-34-26(31)23-15-27-25-22(13-14-29(25)36(32,33)21-11-5-17(2)6-12-21)24(23)28-20-9-7-19(8-10-20)16-35-18(3)30/h5-6,11-15,19-20H,4,7-10,16H2,1-3H3,(H,27,28)/t19-,20-. The van der Waals surface area contributed by atoms with E-state index in [0.29, 0.717) is 17.0 Å². The van der Waals surface area contributed by atoms with Crippen molar-refractivity contribution in [2.45, 2.75) is 57.4 Å². The number of fused-ring (bicyclic) bond motifs is 1. The third-order valence-electron chi connectivity index (χ3n) is 6.47. The fourth-order valence-corrected chi connectivity index (χ4v) is 6.62. The lowest BCUT2D eigenvalue weighted by Gasteiger charge is -2.30. The summed E-state index contributed by atoms with van der Waals surface area (Å²) in [6, 6.07) is 8.44. The van der Waals surface area contributed by atoms with Crippen molar-refractivity contribution in [1.29, 1.82) is 0 Å². The predicted octanol–water partition coefficient (Wildman–Crippen LogP) is 5.01. The maximum atomic E-state index is 13.4. The lowest BCUT2D eigenvalue weighted by molar-refractivity contribution is -0.109. The molecule has 1 N–H and O–H groups in total. The lowest BCUT2D eigenvalue weighted by Crippen LogP contribution is -2.28. The topological polar surface area (TPSA) is 107 Å².